The normalized spacial score (nSPS) is 10.8. The SMILES string of the molecule is N#Cc1ccc(-c2ccc3nc(-c4cccnc4N)n(-c4ccc(CNC(=O)c5cccc(F)c5)cc4)c3n2)cc1. The molecule has 41 heavy (non-hydrogen) atoms. The number of imidazole rings is 1. The van der Waals surface area contributed by atoms with Crippen LogP contribution in [0.15, 0.2) is 103 Å². The van der Waals surface area contributed by atoms with Gasteiger partial charge in [0.2, 0.25) is 0 Å². The molecule has 0 unspecified atom stereocenters. The molecule has 0 aliphatic carbocycles. The molecule has 0 bridgehead atoms. The molecular weight excluding hydrogens is 517 g/mol. The Balaban J connectivity index is 1.38. The van der Waals surface area contributed by atoms with Gasteiger partial charge in [0.05, 0.1) is 22.9 Å². The van der Waals surface area contributed by atoms with Crippen LogP contribution in [0.3, 0.4) is 0 Å². The van der Waals surface area contributed by atoms with Gasteiger partial charge >= 0.3 is 0 Å². The monoisotopic (exact) mass is 539 g/mol. The van der Waals surface area contributed by atoms with Crippen LogP contribution in [0.5, 0.6) is 0 Å². The maximum absolute atomic E-state index is 13.5. The van der Waals surface area contributed by atoms with Crippen LogP contribution in [0, 0.1) is 17.1 Å². The molecule has 0 fully saturated rings. The number of nitrogen functional groups attached to an aromatic ring is 1. The third-order valence-corrected chi connectivity index (χ3v) is 6.63. The van der Waals surface area contributed by atoms with E-state index in [-0.39, 0.29) is 18.0 Å². The molecule has 0 saturated carbocycles. The highest BCUT2D eigenvalue weighted by Crippen LogP contribution is 2.31. The Morgan fingerprint density at radius 1 is 0.951 bits per heavy atom. The first-order valence-corrected chi connectivity index (χ1v) is 12.7. The van der Waals surface area contributed by atoms with Crippen LogP contribution in [0.2, 0.25) is 0 Å². The molecule has 6 aromatic rings. The topological polar surface area (TPSA) is 123 Å². The molecule has 0 spiro atoms. The van der Waals surface area contributed by atoms with Crippen molar-refractivity contribution in [2.45, 2.75) is 6.54 Å². The van der Waals surface area contributed by atoms with Crippen molar-refractivity contribution in [1.82, 2.24) is 24.8 Å². The fraction of sp³-hybridized carbons (Fsp3) is 0.0312. The summed E-state index contributed by atoms with van der Waals surface area (Å²) in [6.45, 7) is 0.268. The second kappa shape index (κ2) is 10.7. The molecule has 3 aromatic carbocycles. The second-order valence-electron chi connectivity index (χ2n) is 9.29. The van der Waals surface area contributed by atoms with Gasteiger partial charge < -0.3 is 11.1 Å². The largest absolute Gasteiger partial charge is 0.383 e. The van der Waals surface area contributed by atoms with E-state index in [1.165, 1.54) is 18.2 Å². The van der Waals surface area contributed by atoms with Crippen molar-refractivity contribution in [1.29, 1.82) is 5.26 Å². The standard InChI is InChI=1S/C32H22FN7O/c33-24-4-1-3-23(17-24)32(41)37-19-21-8-12-25(13-9-21)40-30(26-5-2-16-36-29(26)35)39-28-15-14-27(38-31(28)40)22-10-6-20(18-34)7-11-22/h1-17H,19H2,(H2,35,36)(H,37,41). The minimum atomic E-state index is -0.462. The molecular formula is C32H22FN7O. The zero-order valence-corrected chi connectivity index (χ0v) is 21.6. The third kappa shape index (κ3) is 5.10. The number of nitrogens with zero attached hydrogens (tertiary/aromatic N) is 5. The first-order chi connectivity index (χ1) is 20.0. The predicted molar refractivity (Wildman–Crippen MR) is 154 cm³/mol. The number of anilines is 1. The number of hydrogen-bond donors (Lipinski definition) is 2. The number of nitriles is 1. The molecule has 3 N–H and O–H groups in total. The number of benzene rings is 3. The molecule has 198 valence electrons. The molecule has 3 aromatic heterocycles. The molecule has 6 rings (SSSR count). The van der Waals surface area contributed by atoms with E-state index in [0.29, 0.717) is 33.9 Å². The van der Waals surface area contributed by atoms with E-state index in [2.05, 4.69) is 16.4 Å². The van der Waals surface area contributed by atoms with Gasteiger partial charge in [0.15, 0.2) is 11.5 Å². The minimum absolute atomic E-state index is 0.259. The van der Waals surface area contributed by atoms with Gasteiger partial charge in [-0.2, -0.15) is 5.26 Å². The van der Waals surface area contributed by atoms with E-state index in [4.69, 9.17) is 21.0 Å². The highest BCUT2D eigenvalue weighted by Gasteiger charge is 2.19. The van der Waals surface area contributed by atoms with Gasteiger partial charge in [0.25, 0.3) is 5.91 Å². The highest BCUT2D eigenvalue weighted by molar-refractivity contribution is 5.94. The van der Waals surface area contributed by atoms with E-state index in [9.17, 15) is 9.18 Å². The van der Waals surface area contributed by atoms with E-state index in [1.54, 1.807) is 30.5 Å². The summed E-state index contributed by atoms with van der Waals surface area (Å²) >= 11 is 0. The quantitative estimate of drug-likeness (QED) is 0.281. The summed E-state index contributed by atoms with van der Waals surface area (Å²) in [5, 5.41) is 12.0. The lowest BCUT2D eigenvalue weighted by Gasteiger charge is -2.12. The molecule has 0 atom stereocenters. The number of amides is 1. The summed E-state index contributed by atoms with van der Waals surface area (Å²) in [6.07, 6.45) is 1.62. The Bertz CT molecular complexity index is 1940. The first kappa shape index (κ1) is 25.4. The smallest absolute Gasteiger partial charge is 0.251 e. The fourth-order valence-corrected chi connectivity index (χ4v) is 4.54. The number of halogens is 1. The van der Waals surface area contributed by atoms with Crippen LogP contribution in [0.25, 0.3) is 39.5 Å². The Labute approximate surface area is 234 Å². The van der Waals surface area contributed by atoms with Crippen molar-refractivity contribution in [3.05, 3.63) is 126 Å². The minimum Gasteiger partial charge on any atom is -0.383 e. The number of rotatable bonds is 6. The molecule has 0 aliphatic rings. The first-order valence-electron chi connectivity index (χ1n) is 12.7. The maximum Gasteiger partial charge on any atom is 0.251 e. The van der Waals surface area contributed by atoms with Gasteiger partial charge in [-0.05, 0) is 72.3 Å². The number of aromatic nitrogens is 4. The molecule has 0 saturated heterocycles. The summed E-state index contributed by atoms with van der Waals surface area (Å²) < 4.78 is 15.4. The molecule has 9 heteroatoms. The van der Waals surface area contributed by atoms with Gasteiger partial charge in [0.1, 0.15) is 17.2 Å². The van der Waals surface area contributed by atoms with Crippen LogP contribution in [-0.4, -0.2) is 25.4 Å². The fourth-order valence-electron chi connectivity index (χ4n) is 4.54. The van der Waals surface area contributed by atoms with Crippen LogP contribution >= 0.6 is 0 Å². The van der Waals surface area contributed by atoms with Gasteiger partial charge in [-0.3, -0.25) is 9.36 Å². The Morgan fingerprint density at radius 3 is 2.49 bits per heavy atom. The Morgan fingerprint density at radius 2 is 1.76 bits per heavy atom. The van der Waals surface area contributed by atoms with Gasteiger partial charge in [0, 0.05) is 29.6 Å². The zero-order chi connectivity index (χ0) is 28.3. The average Bonchev–Trinajstić information content (AvgIpc) is 3.39. The van der Waals surface area contributed by atoms with E-state index in [0.717, 1.165) is 22.5 Å². The van der Waals surface area contributed by atoms with Crippen LogP contribution in [0.1, 0.15) is 21.5 Å². The van der Waals surface area contributed by atoms with Gasteiger partial charge in [-0.25, -0.2) is 19.3 Å². The van der Waals surface area contributed by atoms with Crippen molar-refractivity contribution >= 4 is 22.9 Å². The van der Waals surface area contributed by atoms with E-state index < -0.39 is 5.82 Å². The van der Waals surface area contributed by atoms with E-state index >= 15 is 0 Å². The Kier molecular flexibility index (Phi) is 6.63. The van der Waals surface area contributed by atoms with Crippen LogP contribution < -0.4 is 11.1 Å². The lowest BCUT2D eigenvalue weighted by Crippen LogP contribution is -2.22. The summed E-state index contributed by atoms with van der Waals surface area (Å²) in [5.41, 5.74) is 12.3. The number of hydrogen-bond acceptors (Lipinski definition) is 6. The lowest BCUT2D eigenvalue weighted by molar-refractivity contribution is 0.0950. The molecule has 8 nitrogen and oxygen atoms in total. The summed E-state index contributed by atoms with van der Waals surface area (Å²) in [4.78, 5) is 26.5. The number of fused-ring (bicyclic) bond motifs is 1. The van der Waals surface area contributed by atoms with Crippen molar-refractivity contribution in [3.8, 4) is 34.4 Å². The summed E-state index contributed by atoms with van der Waals surface area (Å²) in [6, 6.07) is 30.0. The molecule has 0 aliphatic heterocycles. The zero-order valence-electron chi connectivity index (χ0n) is 21.6. The highest BCUT2D eigenvalue weighted by atomic mass is 19.1. The number of carbonyl (C=O) groups is 1. The van der Waals surface area contributed by atoms with Crippen molar-refractivity contribution in [3.63, 3.8) is 0 Å². The van der Waals surface area contributed by atoms with E-state index in [1.807, 2.05) is 59.2 Å². The second-order valence-corrected chi connectivity index (χ2v) is 9.29. The number of pyridine rings is 2. The van der Waals surface area contributed by atoms with Crippen LogP contribution in [0.4, 0.5) is 10.2 Å². The molecule has 0 radical (unpaired) electrons. The average molecular weight is 540 g/mol. The van der Waals surface area contributed by atoms with Crippen molar-refractivity contribution in [2.24, 2.45) is 0 Å². The third-order valence-electron chi connectivity index (χ3n) is 6.63. The van der Waals surface area contributed by atoms with Crippen LogP contribution in [-0.2, 0) is 6.54 Å². The van der Waals surface area contributed by atoms with Crippen molar-refractivity contribution < 1.29 is 9.18 Å². The summed E-state index contributed by atoms with van der Waals surface area (Å²) in [5.74, 6) is 0.105. The molecule has 3 heterocycles. The van der Waals surface area contributed by atoms with Crippen molar-refractivity contribution in [2.75, 3.05) is 5.73 Å². The van der Waals surface area contributed by atoms with Gasteiger partial charge in [-0.15, -0.1) is 0 Å². The van der Waals surface area contributed by atoms with Gasteiger partial charge in [-0.1, -0.05) is 30.3 Å². The summed E-state index contributed by atoms with van der Waals surface area (Å²) in [7, 11) is 0. The Hall–Kier alpha value is -5.88. The number of carbonyl (C=O) groups excluding carboxylic acids is 1. The lowest BCUT2D eigenvalue weighted by atomic mass is 10.1. The number of nitrogens with two attached hydrogens (primary N) is 1. The predicted octanol–water partition coefficient (Wildman–Crippen LogP) is 5.67. The number of nitrogens with one attached hydrogen (secondary N) is 1. The molecule has 1 amide bonds. The maximum atomic E-state index is 13.5.